The first-order valence-corrected chi connectivity index (χ1v) is 7.28. The number of nitrogens with zero attached hydrogens (tertiary/aromatic N) is 4. The molecule has 24 heavy (non-hydrogen) atoms. The van der Waals surface area contributed by atoms with E-state index in [0.717, 1.165) is 11.4 Å². The maximum Gasteiger partial charge on any atom is 0.405 e. The van der Waals surface area contributed by atoms with Crippen molar-refractivity contribution in [1.82, 2.24) is 25.1 Å². The lowest BCUT2D eigenvalue weighted by molar-refractivity contribution is -0.138. The average Bonchev–Trinajstić information content (AvgIpc) is 2.71. The summed E-state index contributed by atoms with van der Waals surface area (Å²) >= 11 is 0. The fraction of sp³-hybridized carbons (Fsp3) is 0.467. The highest BCUT2D eigenvalue weighted by Crippen LogP contribution is 2.18. The lowest BCUT2D eigenvalue weighted by atomic mass is 10.1. The summed E-state index contributed by atoms with van der Waals surface area (Å²) in [6.45, 7) is 5.73. The molecule has 2 aromatic heterocycles. The van der Waals surface area contributed by atoms with Gasteiger partial charge in [-0.1, -0.05) is 0 Å². The molecule has 0 saturated carbocycles. The van der Waals surface area contributed by atoms with Crippen molar-refractivity contribution in [3.05, 3.63) is 34.4 Å². The number of aromatic nitrogens is 4. The van der Waals surface area contributed by atoms with Gasteiger partial charge in [-0.2, -0.15) is 18.3 Å². The first kappa shape index (κ1) is 17.9. The van der Waals surface area contributed by atoms with Crippen LogP contribution in [-0.2, 0) is 11.2 Å². The molecule has 6 nitrogen and oxygen atoms in total. The van der Waals surface area contributed by atoms with Gasteiger partial charge in [-0.05, 0) is 33.8 Å². The van der Waals surface area contributed by atoms with Crippen LogP contribution in [0.2, 0.25) is 0 Å². The number of amides is 1. The number of hydrogen-bond acceptors (Lipinski definition) is 4. The van der Waals surface area contributed by atoms with Crippen LogP contribution in [0.15, 0.2) is 6.07 Å². The van der Waals surface area contributed by atoms with E-state index in [0.29, 0.717) is 22.9 Å². The van der Waals surface area contributed by atoms with Gasteiger partial charge in [-0.25, -0.2) is 14.6 Å². The average molecular weight is 341 g/mol. The molecule has 130 valence electrons. The minimum absolute atomic E-state index is 0.182. The van der Waals surface area contributed by atoms with Gasteiger partial charge >= 0.3 is 6.18 Å². The third-order valence-electron chi connectivity index (χ3n) is 3.42. The summed E-state index contributed by atoms with van der Waals surface area (Å²) in [5.74, 6) is -0.338. The maximum atomic E-state index is 12.2. The monoisotopic (exact) mass is 341 g/mol. The molecule has 0 aliphatic heterocycles. The van der Waals surface area contributed by atoms with Gasteiger partial charge in [0.05, 0.1) is 12.1 Å². The molecule has 0 fully saturated rings. The van der Waals surface area contributed by atoms with E-state index < -0.39 is 18.6 Å². The molecule has 0 aliphatic carbocycles. The molecule has 0 saturated heterocycles. The topological polar surface area (TPSA) is 72.7 Å². The SMILES string of the molecule is Cc1cc(C)nc(-n2nc(C)c(CC(=O)NCC(F)(F)F)c2C)n1. The van der Waals surface area contributed by atoms with Crippen LogP contribution in [0.3, 0.4) is 0 Å². The Bertz CT molecular complexity index is 747. The summed E-state index contributed by atoms with van der Waals surface area (Å²) in [5.41, 5.74) is 3.29. The Hall–Kier alpha value is -2.45. The molecule has 9 heteroatoms. The number of halogens is 3. The van der Waals surface area contributed by atoms with Crippen molar-refractivity contribution in [2.75, 3.05) is 6.54 Å². The highest BCUT2D eigenvalue weighted by atomic mass is 19.4. The number of aryl methyl sites for hydroxylation is 3. The van der Waals surface area contributed by atoms with Gasteiger partial charge in [0, 0.05) is 22.6 Å². The zero-order chi connectivity index (χ0) is 18.1. The molecule has 0 unspecified atom stereocenters. The quantitative estimate of drug-likeness (QED) is 0.924. The smallest absolute Gasteiger partial charge is 0.347 e. The molecule has 0 spiro atoms. The van der Waals surface area contributed by atoms with Crippen LogP contribution in [0.1, 0.15) is 28.3 Å². The Kier molecular flexibility index (Phi) is 4.91. The fourth-order valence-electron chi connectivity index (χ4n) is 2.35. The predicted molar refractivity (Wildman–Crippen MR) is 80.9 cm³/mol. The van der Waals surface area contributed by atoms with Gasteiger partial charge < -0.3 is 5.32 Å². The zero-order valence-corrected chi connectivity index (χ0v) is 13.8. The molecule has 2 aromatic rings. The maximum absolute atomic E-state index is 12.2. The van der Waals surface area contributed by atoms with Gasteiger partial charge in [0.1, 0.15) is 6.54 Å². The molecule has 2 heterocycles. The molecular formula is C15H18F3N5O. The summed E-state index contributed by atoms with van der Waals surface area (Å²) in [7, 11) is 0. The second-order valence-corrected chi connectivity index (χ2v) is 5.58. The van der Waals surface area contributed by atoms with Crippen molar-refractivity contribution in [2.24, 2.45) is 0 Å². The van der Waals surface area contributed by atoms with Crippen LogP contribution in [0.4, 0.5) is 13.2 Å². The van der Waals surface area contributed by atoms with Crippen molar-refractivity contribution in [3.63, 3.8) is 0 Å². The molecule has 0 aliphatic rings. The summed E-state index contributed by atoms with van der Waals surface area (Å²) < 4.78 is 38.0. The number of rotatable bonds is 4. The van der Waals surface area contributed by atoms with Crippen LogP contribution in [0, 0.1) is 27.7 Å². The van der Waals surface area contributed by atoms with E-state index in [1.807, 2.05) is 25.2 Å². The van der Waals surface area contributed by atoms with E-state index >= 15 is 0 Å². The number of nitrogens with one attached hydrogen (secondary N) is 1. The molecular weight excluding hydrogens is 323 g/mol. The Morgan fingerprint density at radius 2 is 1.75 bits per heavy atom. The van der Waals surface area contributed by atoms with Crippen LogP contribution >= 0.6 is 0 Å². The van der Waals surface area contributed by atoms with E-state index in [1.54, 1.807) is 13.8 Å². The zero-order valence-electron chi connectivity index (χ0n) is 13.8. The molecule has 1 amide bonds. The van der Waals surface area contributed by atoms with E-state index in [-0.39, 0.29) is 6.42 Å². The van der Waals surface area contributed by atoms with Crippen molar-refractivity contribution >= 4 is 5.91 Å². The summed E-state index contributed by atoms with van der Waals surface area (Å²) in [6.07, 6.45) is -4.62. The van der Waals surface area contributed by atoms with Crippen molar-refractivity contribution in [1.29, 1.82) is 0 Å². The fourth-order valence-corrected chi connectivity index (χ4v) is 2.35. The van der Waals surface area contributed by atoms with E-state index in [4.69, 9.17) is 0 Å². The highest BCUT2D eigenvalue weighted by Gasteiger charge is 2.28. The Labute approximate surface area is 137 Å². The highest BCUT2D eigenvalue weighted by molar-refractivity contribution is 5.79. The third-order valence-corrected chi connectivity index (χ3v) is 3.42. The Morgan fingerprint density at radius 1 is 1.17 bits per heavy atom. The van der Waals surface area contributed by atoms with Crippen LogP contribution in [0.5, 0.6) is 0 Å². The Balaban J connectivity index is 2.24. The van der Waals surface area contributed by atoms with Gasteiger partial charge in [0.25, 0.3) is 5.95 Å². The van der Waals surface area contributed by atoms with Crippen LogP contribution < -0.4 is 5.32 Å². The number of hydrogen-bond donors (Lipinski definition) is 1. The van der Waals surface area contributed by atoms with Gasteiger partial charge in [0.15, 0.2) is 0 Å². The summed E-state index contributed by atoms with van der Waals surface area (Å²) in [5, 5.41) is 6.17. The first-order valence-electron chi connectivity index (χ1n) is 7.28. The molecule has 0 atom stereocenters. The van der Waals surface area contributed by atoms with Crippen molar-refractivity contribution in [2.45, 2.75) is 40.3 Å². The van der Waals surface area contributed by atoms with Crippen LogP contribution in [0.25, 0.3) is 5.95 Å². The number of carbonyl (C=O) groups excluding carboxylic acids is 1. The Morgan fingerprint density at radius 3 is 2.29 bits per heavy atom. The van der Waals surface area contributed by atoms with Gasteiger partial charge in [-0.15, -0.1) is 0 Å². The summed E-state index contributed by atoms with van der Waals surface area (Å²) in [6, 6.07) is 1.82. The molecule has 1 N–H and O–H groups in total. The lowest BCUT2D eigenvalue weighted by Gasteiger charge is -2.09. The van der Waals surface area contributed by atoms with Crippen LogP contribution in [-0.4, -0.2) is 38.4 Å². The molecule has 0 bridgehead atoms. The largest absolute Gasteiger partial charge is 0.405 e. The van der Waals surface area contributed by atoms with Gasteiger partial charge in [0.2, 0.25) is 5.91 Å². The molecule has 2 rings (SSSR count). The predicted octanol–water partition coefficient (Wildman–Crippen LogP) is 2.12. The number of carbonyl (C=O) groups is 1. The number of alkyl halides is 3. The van der Waals surface area contributed by atoms with E-state index in [1.165, 1.54) is 4.68 Å². The standard InChI is InChI=1S/C15H18F3N5O/c1-8-5-9(2)21-14(20-8)23-11(4)12(10(3)22-23)6-13(24)19-7-15(16,17)18/h5H,6-7H2,1-4H3,(H,19,24). The molecule has 0 aromatic carbocycles. The minimum Gasteiger partial charge on any atom is -0.347 e. The van der Waals surface area contributed by atoms with E-state index in [9.17, 15) is 18.0 Å². The lowest BCUT2D eigenvalue weighted by Crippen LogP contribution is -2.34. The second kappa shape index (κ2) is 6.58. The minimum atomic E-state index is -4.43. The van der Waals surface area contributed by atoms with Gasteiger partial charge in [-0.3, -0.25) is 4.79 Å². The van der Waals surface area contributed by atoms with Crippen molar-refractivity contribution < 1.29 is 18.0 Å². The molecule has 0 radical (unpaired) electrons. The first-order chi connectivity index (χ1) is 11.1. The summed E-state index contributed by atoms with van der Waals surface area (Å²) in [4.78, 5) is 20.4. The van der Waals surface area contributed by atoms with E-state index in [2.05, 4.69) is 15.1 Å². The van der Waals surface area contributed by atoms with Crippen molar-refractivity contribution in [3.8, 4) is 5.95 Å². The normalized spacial score (nSPS) is 11.6. The second-order valence-electron chi connectivity index (χ2n) is 5.58. The third kappa shape index (κ3) is 4.30.